The molecule has 5 nitrogen and oxygen atoms in total. The zero-order valence-corrected chi connectivity index (χ0v) is 12.5. The van der Waals surface area contributed by atoms with Gasteiger partial charge < -0.3 is 14.8 Å². The van der Waals surface area contributed by atoms with Gasteiger partial charge in [-0.1, -0.05) is 12.1 Å². The first kappa shape index (κ1) is 13.9. The first-order valence-electron chi connectivity index (χ1n) is 7.32. The number of nitrogens with zero attached hydrogens (tertiary/aromatic N) is 2. The van der Waals surface area contributed by atoms with E-state index in [0.29, 0.717) is 13.2 Å². The van der Waals surface area contributed by atoms with Crippen LogP contribution < -0.4 is 14.8 Å². The van der Waals surface area contributed by atoms with Gasteiger partial charge in [-0.05, 0) is 32.0 Å². The predicted molar refractivity (Wildman–Crippen MR) is 80.8 cm³/mol. The Morgan fingerprint density at radius 2 is 2.14 bits per heavy atom. The highest BCUT2D eigenvalue weighted by atomic mass is 16.6. The van der Waals surface area contributed by atoms with Crippen LogP contribution in [0.1, 0.15) is 23.7 Å². The summed E-state index contributed by atoms with van der Waals surface area (Å²) in [5, 5.41) is 7.60. The Balaban J connectivity index is 1.78. The van der Waals surface area contributed by atoms with Crippen LogP contribution in [-0.2, 0) is 13.5 Å². The van der Waals surface area contributed by atoms with Gasteiger partial charge in [0.25, 0.3) is 0 Å². The second-order valence-electron chi connectivity index (χ2n) is 5.20. The highest BCUT2D eigenvalue weighted by molar-refractivity contribution is 5.48. The number of hydrogen-bond acceptors (Lipinski definition) is 4. The maximum Gasteiger partial charge on any atom is 0.166 e. The van der Waals surface area contributed by atoms with E-state index < -0.39 is 0 Å². The SMILES string of the molecule is CNC(CCc1ccnn1C)c1cccc2c1OCCO2. The standard InChI is InChI=1S/C16H21N3O2/c1-17-14(7-6-12-8-9-18-19(12)2)13-4-3-5-15-16(13)21-11-10-20-15/h3-5,8-9,14,17H,6-7,10-11H2,1-2H3. The van der Waals surface area contributed by atoms with E-state index in [1.807, 2.05) is 37.1 Å². The molecule has 0 amide bonds. The summed E-state index contributed by atoms with van der Waals surface area (Å²) in [5.74, 6) is 1.73. The molecule has 2 heterocycles. The van der Waals surface area contributed by atoms with Crippen molar-refractivity contribution in [2.24, 2.45) is 7.05 Å². The average molecular weight is 287 g/mol. The molecule has 0 spiro atoms. The van der Waals surface area contributed by atoms with Crippen molar-refractivity contribution in [3.05, 3.63) is 41.7 Å². The molecule has 0 fully saturated rings. The van der Waals surface area contributed by atoms with Crippen molar-refractivity contribution in [3.8, 4) is 11.5 Å². The molecule has 0 saturated heterocycles. The number of aromatic nitrogens is 2. The fraction of sp³-hybridized carbons (Fsp3) is 0.438. The Hall–Kier alpha value is -2.01. The lowest BCUT2D eigenvalue weighted by molar-refractivity contribution is 0.168. The fourth-order valence-corrected chi connectivity index (χ4v) is 2.76. The van der Waals surface area contributed by atoms with Crippen molar-refractivity contribution < 1.29 is 9.47 Å². The van der Waals surface area contributed by atoms with E-state index in [-0.39, 0.29) is 6.04 Å². The van der Waals surface area contributed by atoms with Gasteiger partial charge in [0, 0.05) is 30.5 Å². The van der Waals surface area contributed by atoms with E-state index in [2.05, 4.69) is 22.5 Å². The first-order chi connectivity index (χ1) is 10.3. The number of nitrogens with one attached hydrogen (secondary N) is 1. The molecule has 0 saturated carbocycles. The monoisotopic (exact) mass is 287 g/mol. The lowest BCUT2D eigenvalue weighted by Crippen LogP contribution is -2.22. The second kappa shape index (κ2) is 6.18. The van der Waals surface area contributed by atoms with Gasteiger partial charge in [0.15, 0.2) is 11.5 Å². The van der Waals surface area contributed by atoms with Crippen LogP contribution in [-0.4, -0.2) is 30.0 Å². The molecular weight excluding hydrogens is 266 g/mol. The van der Waals surface area contributed by atoms with Gasteiger partial charge in [-0.2, -0.15) is 5.10 Å². The summed E-state index contributed by atoms with van der Waals surface area (Å²) in [6, 6.07) is 8.39. The summed E-state index contributed by atoms with van der Waals surface area (Å²) in [4.78, 5) is 0. The third-order valence-electron chi connectivity index (χ3n) is 3.93. The Labute approximate surface area is 124 Å². The molecule has 1 aliphatic heterocycles. The van der Waals surface area contributed by atoms with Crippen molar-refractivity contribution in [3.63, 3.8) is 0 Å². The number of hydrogen-bond donors (Lipinski definition) is 1. The Morgan fingerprint density at radius 3 is 2.90 bits per heavy atom. The molecule has 5 heteroatoms. The van der Waals surface area contributed by atoms with Gasteiger partial charge in [0.2, 0.25) is 0 Å². The third kappa shape index (κ3) is 2.88. The number of ether oxygens (including phenoxy) is 2. The summed E-state index contributed by atoms with van der Waals surface area (Å²) in [6.45, 7) is 1.23. The highest BCUT2D eigenvalue weighted by Gasteiger charge is 2.21. The zero-order valence-electron chi connectivity index (χ0n) is 12.5. The van der Waals surface area contributed by atoms with Crippen molar-refractivity contribution in [1.29, 1.82) is 0 Å². The fourth-order valence-electron chi connectivity index (χ4n) is 2.76. The van der Waals surface area contributed by atoms with Crippen LogP contribution in [0.2, 0.25) is 0 Å². The van der Waals surface area contributed by atoms with Crippen LogP contribution in [0.25, 0.3) is 0 Å². The molecular formula is C16H21N3O2. The minimum atomic E-state index is 0.233. The summed E-state index contributed by atoms with van der Waals surface area (Å²) in [7, 11) is 3.96. The molecule has 0 bridgehead atoms. The molecule has 1 aliphatic rings. The number of fused-ring (bicyclic) bond motifs is 1. The molecule has 3 rings (SSSR count). The molecule has 1 aromatic heterocycles. The number of benzene rings is 1. The lowest BCUT2D eigenvalue weighted by Gasteiger charge is -2.25. The van der Waals surface area contributed by atoms with Crippen LogP contribution >= 0.6 is 0 Å². The molecule has 0 aliphatic carbocycles. The summed E-state index contributed by atoms with van der Waals surface area (Å²) in [6.07, 6.45) is 3.79. The van der Waals surface area contributed by atoms with E-state index in [1.165, 1.54) is 5.69 Å². The largest absolute Gasteiger partial charge is 0.486 e. The van der Waals surface area contributed by atoms with Crippen LogP contribution in [0.3, 0.4) is 0 Å². The van der Waals surface area contributed by atoms with Crippen molar-refractivity contribution in [2.75, 3.05) is 20.3 Å². The smallest absolute Gasteiger partial charge is 0.166 e. The number of rotatable bonds is 5. The van der Waals surface area contributed by atoms with Crippen molar-refractivity contribution >= 4 is 0 Å². The van der Waals surface area contributed by atoms with Gasteiger partial charge in [-0.3, -0.25) is 4.68 Å². The molecule has 0 radical (unpaired) electrons. The predicted octanol–water partition coefficient (Wildman–Crippen LogP) is 2.08. The van der Waals surface area contributed by atoms with Gasteiger partial charge in [-0.25, -0.2) is 0 Å². The summed E-state index contributed by atoms with van der Waals surface area (Å²) >= 11 is 0. The van der Waals surface area contributed by atoms with E-state index in [4.69, 9.17) is 9.47 Å². The second-order valence-corrected chi connectivity index (χ2v) is 5.20. The minimum absolute atomic E-state index is 0.233. The van der Waals surface area contributed by atoms with E-state index in [1.54, 1.807) is 0 Å². The average Bonchev–Trinajstić information content (AvgIpc) is 2.93. The van der Waals surface area contributed by atoms with Crippen LogP contribution in [0.5, 0.6) is 11.5 Å². The molecule has 2 aromatic rings. The molecule has 1 atom stereocenters. The van der Waals surface area contributed by atoms with E-state index in [0.717, 1.165) is 29.9 Å². The van der Waals surface area contributed by atoms with Crippen molar-refractivity contribution in [1.82, 2.24) is 15.1 Å². The molecule has 1 aromatic carbocycles. The number of aryl methyl sites for hydroxylation is 2. The zero-order chi connectivity index (χ0) is 14.7. The lowest BCUT2D eigenvalue weighted by atomic mass is 9.99. The topological polar surface area (TPSA) is 48.3 Å². The number of para-hydroxylation sites is 1. The van der Waals surface area contributed by atoms with Gasteiger partial charge in [-0.15, -0.1) is 0 Å². The first-order valence-corrected chi connectivity index (χ1v) is 7.32. The van der Waals surface area contributed by atoms with E-state index >= 15 is 0 Å². The third-order valence-corrected chi connectivity index (χ3v) is 3.93. The van der Waals surface area contributed by atoms with Gasteiger partial charge in [0.1, 0.15) is 13.2 Å². The Kier molecular flexibility index (Phi) is 4.10. The van der Waals surface area contributed by atoms with Crippen LogP contribution in [0.15, 0.2) is 30.5 Å². The molecule has 21 heavy (non-hydrogen) atoms. The molecule has 112 valence electrons. The quantitative estimate of drug-likeness (QED) is 0.915. The Bertz CT molecular complexity index is 609. The minimum Gasteiger partial charge on any atom is -0.486 e. The normalized spacial score (nSPS) is 15.0. The van der Waals surface area contributed by atoms with Crippen LogP contribution in [0.4, 0.5) is 0 Å². The Morgan fingerprint density at radius 1 is 1.29 bits per heavy atom. The van der Waals surface area contributed by atoms with Gasteiger partial charge in [0.05, 0.1) is 0 Å². The molecule has 1 unspecified atom stereocenters. The van der Waals surface area contributed by atoms with Crippen molar-refractivity contribution in [2.45, 2.75) is 18.9 Å². The maximum atomic E-state index is 5.82. The molecule has 1 N–H and O–H groups in total. The summed E-state index contributed by atoms with van der Waals surface area (Å²) < 4.78 is 13.4. The maximum absolute atomic E-state index is 5.82. The van der Waals surface area contributed by atoms with E-state index in [9.17, 15) is 0 Å². The highest BCUT2D eigenvalue weighted by Crippen LogP contribution is 2.38. The van der Waals surface area contributed by atoms with Gasteiger partial charge >= 0.3 is 0 Å². The van der Waals surface area contributed by atoms with Crippen LogP contribution in [0, 0.1) is 0 Å². The summed E-state index contributed by atoms with van der Waals surface area (Å²) in [5.41, 5.74) is 2.40.